The van der Waals surface area contributed by atoms with Crippen LogP contribution >= 0.6 is 0 Å². The fourth-order valence-electron chi connectivity index (χ4n) is 1.13. The molecule has 5 nitrogen and oxygen atoms in total. The highest BCUT2D eigenvalue weighted by atomic mass is 16.5. The molecule has 0 bridgehead atoms. The minimum atomic E-state index is -1.00. The van der Waals surface area contributed by atoms with Crippen LogP contribution in [0, 0.1) is 5.92 Å². The van der Waals surface area contributed by atoms with Crippen LogP contribution in [0.15, 0.2) is 0 Å². The average molecular weight is 201 g/mol. The summed E-state index contributed by atoms with van der Waals surface area (Å²) in [6.45, 7) is 0.335. The third-order valence-corrected chi connectivity index (χ3v) is 2.17. The highest BCUT2D eigenvalue weighted by Crippen LogP contribution is 2.28. The van der Waals surface area contributed by atoms with Crippen LogP contribution in [-0.2, 0) is 14.3 Å². The molecule has 1 aliphatic rings. The Bertz CT molecular complexity index is 225. The number of carboxylic acids is 1. The predicted molar refractivity (Wildman–Crippen MR) is 48.8 cm³/mol. The molecule has 0 aromatic rings. The second-order valence-corrected chi connectivity index (χ2v) is 3.46. The Labute approximate surface area is 82.4 Å². The zero-order valence-corrected chi connectivity index (χ0v) is 8.16. The fourth-order valence-corrected chi connectivity index (χ4v) is 1.13. The molecule has 5 heteroatoms. The van der Waals surface area contributed by atoms with Gasteiger partial charge in [-0.2, -0.15) is 0 Å². The Morgan fingerprint density at radius 2 is 2.21 bits per heavy atom. The summed E-state index contributed by atoms with van der Waals surface area (Å²) in [7, 11) is 1.50. The Balaban J connectivity index is 2.33. The van der Waals surface area contributed by atoms with Crippen LogP contribution in [0.5, 0.6) is 0 Å². The van der Waals surface area contributed by atoms with Crippen molar-refractivity contribution in [2.24, 2.45) is 5.92 Å². The lowest BCUT2D eigenvalue weighted by molar-refractivity contribution is -0.142. The Morgan fingerprint density at radius 1 is 1.57 bits per heavy atom. The van der Waals surface area contributed by atoms with E-state index in [2.05, 4.69) is 5.32 Å². The second kappa shape index (κ2) is 4.95. The number of carboxylic acid groups (broad SMARTS) is 1. The molecule has 0 radical (unpaired) electrons. The van der Waals surface area contributed by atoms with Gasteiger partial charge >= 0.3 is 5.97 Å². The van der Waals surface area contributed by atoms with E-state index >= 15 is 0 Å². The number of methoxy groups -OCH3 is 1. The molecule has 1 fully saturated rings. The molecule has 80 valence electrons. The van der Waals surface area contributed by atoms with Gasteiger partial charge in [0.25, 0.3) is 0 Å². The number of hydrogen-bond donors (Lipinski definition) is 2. The minimum Gasteiger partial charge on any atom is -0.480 e. The first kappa shape index (κ1) is 11.0. The number of ether oxygens (including phenoxy) is 1. The maximum absolute atomic E-state index is 11.3. The van der Waals surface area contributed by atoms with Crippen LogP contribution < -0.4 is 5.32 Å². The van der Waals surface area contributed by atoms with Gasteiger partial charge in [-0.3, -0.25) is 4.79 Å². The SMILES string of the molecule is COCCC(NC(=O)C1CC1)C(=O)O. The molecule has 2 N–H and O–H groups in total. The molecule has 1 atom stereocenters. The van der Waals surface area contributed by atoms with Gasteiger partial charge < -0.3 is 15.2 Å². The van der Waals surface area contributed by atoms with Gasteiger partial charge in [-0.15, -0.1) is 0 Å². The van der Waals surface area contributed by atoms with Crippen LogP contribution in [-0.4, -0.2) is 36.7 Å². The zero-order valence-electron chi connectivity index (χ0n) is 8.16. The van der Waals surface area contributed by atoms with Gasteiger partial charge in [0, 0.05) is 26.1 Å². The number of carbonyl (C=O) groups excluding carboxylic acids is 1. The number of nitrogens with one attached hydrogen (secondary N) is 1. The third kappa shape index (κ3) is 3.33. The maximum Gasteiger partial charge on any atom is 0.326 e. The lowest BCUT2D eigenvalue weighted by Crippen LogP contribution is -2.42. The smallest absolute Gasteiger partial charge is 0.326 e. The van der Waals surface area contributed by atoms with Crippen molar-refractivity contribution in [1.82, 2.24) is 5.32 Å². The molecule has 0 heterocycles. The van der Waals surface area contributed by atoms with E-state index in [4.69, 9.17) is 9.84 Å². The Hall–Kier alpha value is -1.10. The monoisotopic (exact) mass is 201 g/mol. The van der Waals surface area contributed by atoms with Crippen LogP contribution in [0.4, 0.5) is 0 Å². The summed E-state index contributed by atoms with van der Waals surface area (Å²) in [6, 6.07) is -0.817. The zero-order chi connectivity index (χ0) is 10.6. The van der Waals surface area contributed by atoms with Crippen molar-refractivity contribution in [1.29, 1.82) is 0 Å². The maximum atomic E-state index is 11.3. The highest BCUT2D eigenvalue weighted by molar-refractivity contribution is 5.86. The molecule has 0 aromatic heterocycles. The molecule has 1 saturated carbocycles. The van der Waals surface area contributed by atoms with Crippen molar-refractivity contribution in [3.05, 3.63) is 0 Å². The quantitative estimate of drug-likeness (QED) is 0.634. The fraction of sp³-hybridized carbons (Fsp3) is 0.778. The second-order valence-electron chi connectivity index (χ2n) is 3.46. The summed E-state index contributed by atoms with van der Waals surface area (Å²) >= 11 is 0. The number of hydrogen-bond acceptors (Lipinski definition) is 3. The topological polar surface area (TPSA) is 75.6 Å². The van der Waals surface area contributed by atoms with Crippen LogP contribution in [0.3, 0.4) is 0 Å². The van der Waals surface area contributed by atoms with E-state index in [-0.39, 0.29) is 11.8 Å². The van der Waals surface area contributed by atoms with Crippen LogP contribution in [0.1, 0.15) is 19.3 Å². The molecule has 1 unspecified atom stereocenters. The predicted octanol–water partition coefficient (Wildman–Crippen LogP) is 0.00230. The Morgan fingerprint density at radius 3 is 2.64 bits per heavy atom. The van der Waals surface area contributed by atoms with Crippen LogP contribution in [0.25, 0.3) is 0 Å². The first-order valence-corrected chi connectivity index (χ1v) is 4.67. The largest absolute Gasteiger partial charge is 0.480 e. The van der Waals surface area contributed by atoms with E-state index in [9.17, 15) is 9.59 Å². The van der Waals surface area contributed by atoms with Gasteiger partial charge in [0.05, 0.1) is 0 Å². The molecule has 0 spiro atoms. The normalized spacial score (nSPS) is 17.5. The molecule has 0 aromatic carbocycles. The summed E-state index contributed by atoms with van der Waals surface area (Å²) < 4.78 is 4.77. The van der Waals surface area contributed by atoms with Crippen molar-refractivity contribution >= 4 is 11.9 Å². The minimum absolute atomic E-state index is 0.0411. The first-order valence-electron chi connectivity index (χ1n) is 4.67. The molecular weight excluding hydrogens is 186 g/mol. The van der Waals surface area contributed by atoms with E-state index in [1.54, 1.807) is 0 Å². The van der Waals surface area contributed by atoms with Crippen molar-refractivity contribution in [3.63, 3.8) is 0 Å². The summed E-state index contributed by atoms with van der Waals surface area (Å²) in [6.07, 6.45) is 2.06. The first-order chi connectivity index (χ1) is 6.65. The molecule has 0 aliphatic heterocycles. The lowest BCUT2D eigenvalue weighted by Gasteiger charge is -2.13. The van der Waals surface area contributed by atoms with Gasteiger partial charge in [-0.25, -0.2) is 4.79 Å². The standard InChI is InChI=1S/C9H15NO4/c1-14-5-4-7(9(12)13)10-8(11)6-2-3-6/h6-7H,2-5H2,1H3,(H,10,11)(H,12,13). The van der Waals surface area contributed by atoms with Crippen LogP contribution in [0.2, 0.25) is 0 Å². The highest BCUT2D eigenvalue weighted by Gasteiger charge is 2.32. The van der Waals surface area contributed by atoms with Crippen molar-refractivity contribution in [2.75, 3.05) is 13.7 Å². The number of rotatable bonds is 6. The van der Waals surface area contributed by atoms with Crippen molar-refractivity contribution in [2.45, 2.75) is 25.3 Å². The third-order valence-electron chi connectivity index (χ3n) is 2.17. The molecule has 14 heavy (non-hydrogen) atoms. The van der Waals surface area contributed by atoms with Gasteiger partial charge in [0.1, 0.15) is 6.04 Å². The summed E-state index contributed by atoms with van der Waals surface area (Å²) in [5.74, 6) is -1.11. The van der Waals surface area contributed by atoms with E-state index < -0.39 is 12.0 Å². The molecule has 0 saturated heterocycles. The van der Waals surface area contributed by atoms with Crippen molar-refractivity contribution < 1.29 is 19.4 Å². The number of carbonyl (C=O) groups is 2. The average Bonchev–Trinajstić information content (AvgIpc) is 2.94. The van der Waals surface area contributed by atoms with Gasteiger partial charge in [0.2, 0.25) is 5.91 Å². The molecule has 1 amide bonds. The van der Waals surface area contributed by atoms with Gasteiger partial charge in [-0.05, 0) is 12.8 Å². The molecule has 1 aliphatic carbocycles. The van der Waals surface area contributed by atoms with E-state index in [1.807, 2.05) is 0 Å². The summed E-state index contributed by atoms with van der Waals surface area (Å²) in [5, 5.41) is 11.3. The molecule has 1 rings (SSSR count). The number of amides is 1. The van der Waals surface area contributed by atoms with E-state index in [0.717, 1.165) is 12.8 Å². The van der Waals surface area contributed by atoms with Gasteiger partial charge in [-0.1, -0.05) is 0 Å². The van der Waals surface area contributed by atoms with Gasteiger partial charge in [0.15, 0.2) is 0 Å². The number of aliphatic carboxylic acids is 1. The summed E-state index contributed by atoms with van der Waals surface area (Å²) in [4.78, 5) is 22.0. The Kier molecular flexibility index (Phi) is 3.88. The van der Waals surface area contributed by atoms with E-state index in [0.29, 0.717) is 13.0 Å². The summed E-state index contributed by atoms with van der Waals surface area (Å²) in [5.41, 5.74) is 0. The lowest BCUT2D eigenvalue weighted by atomic mass is 10.2. The van der Waals surface area contributed by atoms with E-state index in [1.165, 1.54) is 7.11 Å². The molecular formula is C9H15NO4. The van der Waals surface area contributed by atoms with Crippen molar-refractivity contribution in [3.8, 4) is 0 Å².